The van der Waals surface area contributed by atoms with Crippen LogP contribution in [0.25, 0.3) is 0 Å². The fraction of sp³-hybridized carbons (Fsp3) is 0.533. The molecule has 18 heavy (non-hydrogen) atoms. The highest BCUT2D eigenvalue weighted by molar-refractivity contribution is 5.95. The fourth-order valence-electron chi connectivity index (χ4n) is 4.01. The summed E-state index contributed by atoms with van der Waals surface area (Å²) in [5.74, 6) is 1.21. The van der Waals surface area contributed by atoms with Crippen molar-refractivity contribution in [1.82, 2.24) is 0 Å². The minimum atomic E-state index is -0.238. The topological polar surface area (TPSA) is 41.6 Å². The van der Waals surface area contributed by atoms with Gasteiger partial charge in [-0.2, -0.15) is 0 Å². The third-order valence-corrected chi connectivity index (χ3v) is 5.03. The molecule has 1 N–H and O–H groups in total. The first-order valence-electron chi connectivity index (χ1n) is 6.70. The maximum atomic E-state index is 12.5. The Hall–Kier alpha value is -1.35. The van der Waals surface area contributed by atoms with E-state index in [4.69, 9.17) is 4.74 Å². The largest absolute Gasteiger partial charge is 0.369 e. The molecule has 1 aromatic rings. The Morgan fingerprint density at radius 1 is 1.33 bits per heavy atom. The van der Waals surface area contributed by atoms with Crippen LogP contribution in [0.15, 0.2) is 30.3 Å². The summed E-state index contributed by atoms with van der Waals surface area (Å²) in [4.78, 5) is 12.5. The highest BCUT2D eigenvalue weighted by Gasteiger charge is 2.69. The van der Waals surface area contributed by atoms with Gasteiger partial charge >= 0.3 is 0 Å². The summed E-state index contributed by atoms with van der Waals surface area (Å²) < 4.78 is 5.66. The van der Waals surface area contributed by atoms with Gasteiger partial charge in [0.2, 0.25) is 5.91 Å². The summed E-state index contributed by atoms with van der Waals surface area (Å²) >= 11 is 0. The van der Waals surface area contributed by atoms with Crippen molar-refractivity contribution in [2.75, 3.05) is 5.32 Å². The summed E-state index contributed by atoms with van der Waals surface area (Å²) in [6, 6.07) is 9.71. The van der Waals surface area contributed by atoms with Gasteiger partial charge in [-0.15, -0.1) is 0 Å². The van der Waals surface area contributed by atoms with Gasteiger partial charge in [-0.1, -0.05) is 25.1 Å². The van der Waals surface area contributed by atoms with E-state index in [9.17, 15) is 4.79 Å². The van der Waals surface area contributed by atoms with Crippen molar-refractivity contribution in [3.8, 4) is 0 Å². The predicted molar refractivity (Wildman–Crippen MR) is 68.1 cm³/mol. The quantitative estimate of drug-likeness (QED) is 0.811. The number of hydrogen-bond acceptors (Lipinski definition) is 2. The molecule has 0 spiro atoms. The van der Waals surface area contributed by atoms with Crippen LogP contribution in [0.3, 0.4) is 0 Å². The monoisotopic (exact) mass is 243 g/mol. The van der Waals surface area contributed by atoms with Crippen molar-refractivity contribution in [1.29, 1.82) is 0 Å². The molecule has 3 fully saturated rings. The first-order chi connectivity index (χ1) is 8.68. The summed E-state index contributed by atoms with van der Waals surface area (Å²) in [6.07, 6.45) is 3.01. The molecule has 1 amide bonds. The van der Waals surface area contributed by atoms with Gasteiger partial charge in [-0.25, -0.2) is 0 Å². The maximum absolute atomic E-state index is 12.5. The Bertz CT molecular complexity index is 500. The molecule has 3 heteroatoms. The van der Waals surface area contributed by atoms with Crippen molar-refractivity contribution in [3.05, 3.63) is 30.3 Å². The second-order valence-corrected chi connectivity index (χ2v) is 6.11. The van der Waals surface area contributed by atoms with Crippen LogP contribution in [0.2, 0.25) is 0 Å². The third-order valence-electron chi connectivity index (χ3n) is 5.03. The smallest absolute Gasteiger partial charge is 0.230 e. The molecule has 1 saturated heterocycles. The molecule has 1 aromatic carbocycles. The van der Waals surface area contributed by atoms with Crippen LogP contribution in [0, 0.1) is 17.3 Å². The summed E-state index contributed by atoms with van der Waals surface area (Å²) in [5, 5.41) is 3.05. The summed E-state index contributed by atoms with van der Waals surface area (Å²) in [5.41, 5.74) is 0.651. The van der Waals surface area contributed by atoms with Gasteiger partial charge in [0.15, 0.2) is 0 Å². The molecule has 0 unspecified atom stereocenters. The van der Waals surface area contributed by atoms with Gasteiger partial charge in [0.25, 0.3) is 0 Å². The molecule has 0 aromatic heterocycles. The molecule has 2 aliphatic carbocycles. The molecule has 4 rings (SSSR count). The molecule has 2 bridgehead atoms. The second kappa shape index (κ2) is 3.35. The molecule has 94 valence electrons. The van der Waals surface area contributed by atoms with Crippen molar-refractivity contribution >= 4 is 11.6 Å². The lowest BCUT2D eigenvalue weighted by Gasteiger charge is -2.30. The number of para-hydroxylation sites is 1. The second-order valence-electron chi connectivity index (χ2n) is 6.11. The number of epoxide rings is 1. The van der Waals surface area contributed by atoms with Crippen molar-refractivity contribution < 1.29 is 9.53 Å². The maximum Gasteiger partial charge on any atom is 0.230 e. The van der Waals surface area contributed by atoms with Crippen LogP contribution in [-0.4, -0.2) is 18.1 Å². The number of amides is 1. The van der Waals surface area contributed by atoms with Crippen molar-refractivity contribution in [2.45, 2.75) is 32.0 Å². The molecule has 1 aliphatic heterocycles. The first-order valence-corrected chi connectivity index (χ1v) is 6.70. The number of carbonyl (C=O) groups excluding carboxylic acids is 1. The number of fused-ring (bicyclic) bond motifs is 5. The van der Waals surface area contributed by atoms with E-state index >= 15 is 0 Å². The number of carbonyl (C=O) groups is 1. The average Bonchev–Trinajstić information content (AvgIpc) is 3.01. The number of ether oxygens (including phenoxy) is 1. The van der Waals surface area contributed by atoms with Gasteiger partial charge in [0.05, 0.1) is 17.6 Å². The number of hydrogen-bond donors (Lipinski definition) is 1. The van der Waals surface area contributed by atoms with Crippen LogP contribution in [0.1, 0.15) is 19.8 Å². The van der Waals surface area contributed by atoms with E-state index in [0.29, 0.717) is 24.0 Å². The van der Waals surface area contributed by atoms with Gasteiger partial charge in [-0.3, -0.25) is 4.79 Å². The standard InChI is InChI=1S/C15H17NO2/c1-15(8-9-7-11(15)13-12(9)18-13)14(17)16-10-5-3-2-4-6-10/h2-6,9,11-13H,7-8H2,1H3,(H,16,17)/t9-,11-,12-,13-,15+/m1/s1. The molecule has 2 saturated carbocycles. The zero-order chi connectivity index (χ0) is 12.3. The Balaban J connectivity index is 1.55. The van der Waals surface area contributed by atoms with Gasteiger partial charge < -0.3 is 10.1 Å². The summed E-state index contributed by atoms with van der Waals surface area (Å²) in [7, 11) is 0. The van der Waals surface area contributed by atoms with E-state index in [1.807, 2.05) is 30.3 Å². The van der Waals surface area contributed by atoms with E-state index in [1.165, 1.54) is 6.42 Å². The van der Waals surface area contributed by atoms with E-state index < -0.39 is 0 Å². The molecular weight excluding hydrogens is 226 g/mol. The van der Waals surface area contributed by atoms with Crippen molar-refractivity contribution in [3.63, 3.8) is 0 Å². The molecular formula is C15H17NO2. The zero-order valence-electron chi connectivity index (χ0n) is 10.4. The lowest BCUT2D eigenvalue weighted by molar-refractivity contribution is -0.127. The van der Waals surface area contributed by atoms with Crippen LogP contribution in [0.4, 0.5) is 5.69 Å². The fourth-order valence-corrected chi connectivity index (χ4v) is 4.01. The Kier molecular flexibility index (Phi) is 1.97. The lowest BCUT2D eigenvalue weighted by atomic mass is 9.74. The molecule has 1 heterocycles. The number of anilines is 1. The zero-order valence-corrected chi connectivity index (χ0v) is 10.4. The van der Waals surface area contributed by atoms with Crippen LogP contribution in [-0.2, 0) is 9.53 Å². The van der Waals surface area contributed by atoms with Crippen molar-refractivity contribution in [2.24, 2.45) is 17.3 Å². The van der Waals surface area contributed by atoms with Gasteiger partial charge in [0.1, 0.15) is 0 Å². The van der Waals surface area contributed by atoms with E-state index in [0.717, 1.165) is 12.1 Å². The van der Waals surface area contributed by atoms with E-state index in [1.54, 1.807) is 0 Å². The van der Waals surface area contributed by atoms with E-state index in [2.05, 4.69) is 12.2 Å². The number of rotatable bonds is 2. The lowest BCUT2D eigenvalue weighted by Crippen LogP contribution is -2.40. The number of nitrogens with one attached hydrogen (secondary N) is 1. The Labute approximate surface area is 107 Å². The SMILES string of the molecule is C[C@]1(C(=O)Nc2ccccc2)C[C@H]2C[C@@H]1[C@H]1O[C@H]21. The van der Waals surface area contributed by atoms with E-state index in [-0.39, 0.29) is 11.3 Å². The van der Waals surface area contributed by atoms with Crippen LogP contribution >= 0.6 is 0 Å². The Morgan fingerprint density at radius 2 is 2.11 bits per heavy atom. The highest BCUT2D eigenvalue weighted by atomic mass is 16.6. The molecule has 3 aliphatic rings. The Morgan fingerprint density at radius 3 is 2.78 bits per heavy atom. The predicted octanol–water partition coefficient (Wildman–Crippen LogP) is 2.44. The van der Waals surface area contributed by atoms with Gasteiger partial charge in [-0.05, 0) is 30.9 Å². The molecule has 5 atom stereocenters. The van der Waals surface area contributed by atoms with Crippen LogP contribution < -0.4 is 5.32 Å². The highest BCUT2D eigenvalue weighted by Crippen LogP contribution is 2.64. The normalized spacial score (nSPS) is 43.6. The molecule has 3 nitrogen and oxygen atoms in total. The van der Waals surface area contributed by atoms with Gasteiger partial charge in [0, 0.05) is 11.6 Å². The third kappa shape index (κ3) is 1.31. The minimum absolute atomic E-state index is 0.162. The van der Waals surface area contributed by atoms with Crippen LogP contribution in [0.5, 0.6) is 0 Å². The average molecular weight is 243 g/mol. The number of benzene rings is 1. The first kappa shape index (κ1) is 10.6. The minimum Gasteiger partial charge on any atom is -0.369 e. The molecule has 0 radical (unpaired) electrons. The summed E-state index contributed by atoms with van der Waals surface area (Å²) in [6.45, 7) is 2.10.